The molecule has 0 radical (unpaired) electrons. The van der Waals surface area contributed by atoms with Gasteiger partial charge in [-0.2, -0.15) is 0 Å². The van der Waals surface area contributed by atoms with E-state index in [-0.39, 0.29) is 0 Å². The molecule has 1 atom stereocenters. The molecule has 1 aromatic carbocycles. The number of aromatic nitrogens is 1. The molecule has 0 amide bonds. The second-order valence-corrected chi connectivity index (χ2v) is 6.52. The van der Waals surface area contributed by atoms with Crippen LogP contribution in [-0.2, 0) is 0 Å². The van der Waals surface area contributed by atoms with Crippen LogP contribution in [0.2, 0.25) is 0 Å². The fourth-order valence-corrected chi connectivity index (χ4v) is 4.12. The average molecular weight is 300 g/mol. The highest BCUT2D eigenvalue weighted by Gasteiger charge is 2.27. The molecule has 120 valence electrons. The molecule has 3 rings (SSSR count). The molecule has 2 aromatic rings. The van der Waals surface area contributed by atoms with Crippen LogP contribution >= 0.6 is 0 Å². The Morgan fingerprint density at radius 1 is 1.27 bits per heavy atom. The van der Waals surface area contributed by atoms with Gasteiger partial charge in [0.1, 0.15) is 5.75 Å². The lowest BCUT2D eigenvalue weighted by atomic mass is 9.75. The summed E-state index contributed by atoms with van der Waals surface area (Å²) in [5.41, 5.74) is 2.65. The first-order chi connectivity index (χ1) is 10.8. The number of fused-ring (bicyclic) bond motifs is 1. The second kappa shape index (κ2) is 7.19. The zero-order valence-corrected chi connectivity index (χ0v) is 13.8. The van der Waals surface area contributed by atoms with Crippen molar-refractivity contribution in [3.63, 3.8) is 0 Å². The Bertz CT molecular complexity index is 599. The van der Waals surface area contributed by atoms with Gasteiger partial charge in [0.2, 0.25) is 0 Å². The van der Waals surface area contributed by atoms with E-state index in [2.05, 4.69) is 34.7 Å². The van der Waals surface area contributed by atoms with E-state index in [0.717, 1.165) is 18.2 Å². The van der Waals surface area contributed by atoms with E-state index in [1.807, 2.05) is 7.05 Å². The van der Waals surface area contributed by atoms with Gasteiger partial charge in [0.05, 0.1) is 7.11 Å². The molecule has 1 fully saturated rings. The highest BCUT2D eigenvalue weighted by molar-refractivity contribution is 5.89. The van der Waals surface area contributed by atoms with Gasteiger partial charge in [-0.05, 0) is 62.4 Å². The number of ether oxygens (including phenoxy) is 1. The Kier molecular flexibility index (Phi) is 5.04. The Hall–Kier alpha value is -1.48. The molecule has 3 nitrogen and oxygen atoms in total. The van der Waals surface area contributed by atoms with Crippen molar-refractivity contribution in [1.29, 1.82) is 0 Å². The number of hydrogen-bond acceptors (Lipinski definition) is 2. The standard InChI is InChI=1S/C19H28N2O/c1-20-12-11-15(14-7-4-3-5-8-14)16-13-21-17-9-6-10-18(22-2)19(16)17/h6,9-10,13-15,20-21H,3-5,7-8,11-12H2,1-2H3. The summed E-state index contributed by atoms with van der Waals surface area (Å²) >= 11 is 0. The fourth-order valence-electron chi connectivity index (χ4n) is 4.12. The van der Waals surface area contributed by atoms with Crippen LogP contribution in [0.1, 0.15) is 50.0 Å². The van der Waals surface area contributed by atoms with Crippen molar-refractivity contribution in [3.8, 4) is 5.75 Å². The van der Waals surface area contributed by atoms with Crippen LogP contribution in [-0.4, -0.2) is 25.7 Å². The molecule has 1 unspecified atom stereocenters. The van der Waals surface area contributed by atoms with Gasteiger partial charge in [-0.1, -0.05) is 25.3 Å². The third-order valence-corrected chi connectivity index (χ3v) is 5.24. The molecule has 0 bridgehead atoms. The molecule has 0 saturated heterocycles. The first kappa shape index (κ1) is 15.4. The molecule has 0 spiro atoms. The van der Waals surface area contributed by atoms with Gasteiger partial charge in [-0.25, -0.2) is 0 Å². The first-order valence-electron chi connectivity index (χ1n) is 8.63. The number of nitrogens with one attached hydrogen (secondary N) is 2. The molecule has 1 aliphatic carbocycles. The van der Waals surface area contributed by atoms with Gasteiger partial charge in [0, 0.05) is 17.1 Å². The minimum absolute atomic E-state index is 0.623. The van der Waals surface area contributed by atoms with E-state index in [9.17, 15) is 0 Å². The fraction of sp³-hybridized carbons (Fsp3) is 0.579. The SMILES string of the molecule is CNCCC(c1c[nH]c2cccc(OC)c12)C1CCCCC1. The van der Waals surface area contributed by atoms with E-state index in [4.69, 9.17) is 4.74 Å². The largest absolute Gasteiger partial charge is 0.496 e. The topological polar surface area (TPSA) is 37.0 Å². The van der Waals surface area contributed by atoms with Crippen LogP contribution in [0.5, 0.6) is 5.75 Å². The maximum absolute atomic E-state index is 5.63. The van der Waals surface area contributed by atoms with Gasteiger partial charge in [-0.3, -0.25) is 0 Å². The summed E-state index contributed by atoms with van der Waals surface area (Å²) < 4.78 is 5.63. The molecular formula is C19H28N2O. The monoisotopic (exact) mass is 300 g/mol. The quantitative estimate of drug-likeness (QED) is 0.827. The van der Waals surface area contributed by atoms with Crippen LogP contribution in [0.15, 0.2) is 24.4 Å². The Morgan fingerprint density at radius 3 is 2.82 bits per heavy atom. The van der Waals surface area contributed by atoms with Gasteiger partial charge >= 0.3 is 0 Å². The minimum Gasteiger partial charge on any atom is -0.496 e. The lowest BCUT2D eigenvalue weighted by Gasteiger charge is -2.30. The Balaban J connectivity index is 1.99. The summed E-state index contributed by atoms with van der Waals surface area (Å²) in [7, 11) is 3.82. The molecule has 3 heteroatoms. The third-order valence-electron chi connectivity index (χ3n) is 5.24. The van der Waals surface area contributed by atoms with Crippen LogP contribution in [0, 0.1) is 5.92 Å². The van der Waals surface area contributed by atoms with Gasteiger partial charge < -0.3 is 15.0 Å². The van der Waals surface area contributed by atoms with Crippen LogP contribution in [0.3, 0.4) is 0 Å². The van der Waals surface area contributed by atoms with E-state index < -0.39 is 0 Å². The summed E-state index contributed by atoms with van der Waals surface area (Å²) in [6, 6.07) is 6.29. The van der Waals surface area contributed by atoms with Gasteiger partial charge in [0.25, 0.3) is 0 Å². The summed E-state index contributed by atoms with van der Waals surface area (Å²) in [5.74, 6) is 2.43. The molecule has 1 heterocycles. The normalized spacial score (nSPS) is 17.7. The average Bonchev–Trinajstić information content (AvgIpc) is 3.00. The van der Waals surface area contributed by atoms with E-state index in [1.165, 1.54) is 55.0 Å². The van der Waals surface area contributed by atoms with Crippen molar-refractivity contribution in [2.24, 2.45) is 5.92 Å². The first-order valence-corrected chi connectivity index (χ1v) is 8.63. The lowest BCUT2D eigenvalue weighted by Crippen LogP contribution is -2.20. The van der Waals surface area contributed by atoms with Crippen molar-refractivity contribution in [1.82, 2.24) is 10.3 Å². The third kappa shape index (κ3) is 3.00. The maximum atomic E-state index is 5.63. The summed E-state index contributed by atoms with van der Waals surface area (Å²) in [6.07, 6.45) is 10.4. The zero-order chi connectivity index (χ0) is 15.4. The Morgan fingerprint density at radius 2 is 2.09 bits per heavy atom. The van der Waals surface area contributed by atoms with Crippen LogP contribution in [0.4, 0.5) is 0 Å². The van der Waals surface area contributed by atoms with Gasteiger partial charge in [-0.15, -0.1) is 0 Å². The number of methoxy groups -OCH3 is 1. The number of hydrogen-bond donors (Lipinski definition) is 2. The van der Waals surface area contributed by atoms with Crippen molar-refractivity contribution in [2.75, 3.05) is 20.7 Å². The van der Waals surface area contributed by atoms with E-state index in [0.29, 0.717) is 5.92 Å². The molecule has 2 N–H and O–H groups in total. The van der Waals surface area contributed by atoms with E-state index >= 15 is 0 Å². The molecule has 1 saturated carbocycles. The minimum atomic E-state index is 0.623. The molecule has 0 aliphatic heterocycles. The number of rotatable bonds is 6. The smallest absolute Gasteiger partial charge is 0.128 e. The predicted octanol–water partition coefficient (Wildman–Crippen LogP) is 4.45. The number of aromatic amines is 1. The van der Waals surface area contributed by atoms with Crippen molar-refractivity contribution >= 4 is 10.9 Å². The summed E-state index contributed by atoms with van der Waals surface area (Å²) in [4.78, 5) is 3.46. The second-order valence-electron chi connectivity index (χ2n) is 6.52. The summed E-state index contributed by atoms with van der Waals surface area (Å²) in [6.45, 7) is 1.07. The van der Waals surface area contributed by atoms with Gasteiger partial charge in [0.15, 0.2) is 0 Å². The van der Waals surface area contributed by atoms with Crippen molar-refractivity contribution in [3.05, 3.63) is 30.0 Å². The Labute approximate surface area is 133 Å². The predicted molar refractivity (Wildman–Crippen MR) is 92.7 cm³/mol. The van der Waals surface area contributed by atoms with Crippen molar-refractivity contribution < 1.29 is 4.74 Å². The van der Waals surface area contributed by atoms with Crippen LogP contribution < -0.4 is 10.1 Å². The highest BCUT2D eigenvalue weighted by Crippen LogP contribution is 2.42. The molecule has 1 aliphatic rings. The number of H-pyrrole nitrogens is 1. The maximum Gasteiger partial charge on any atom is 0.128 e. The van der Waals surface area contributed by atoms with Crippen molar-refractivity contribution in [2.45, 2.75) is 44.4 Å². The number of benzene rings is 1. The van der Waals surface area contributed by atoms with E-state index in [1.54, 1.807) is 7.11 Å². The molecular weight excluding hydrogens is 272 g/mol. The zero-order valence-electron chi connectivity index (χ0n) is 13.8. The highest BCUT2D eigenvalue weighted by atomic mass is 16.5. The summed E-state index contributed by atoms with van der Waals surface area (Å²) in [5, 5.41) is 4.62. The van der Waals surface area contributed by atoms with Crippen LogP contribution in [0.25, 0.3) is 10.9 Å². The molecule has 22 heavy (non-hydrogen) atoms. The lowest BCUT2D eigenvalue weighted by molar-refractivity contribution is 0.294. The molecule has 1 aromatic heterocycles.